The SMILES string of the molecule is COc1cc2ncn(CC(=O)Nc3c(C)cc(C)cc3Cl)c(=O)c2cc1OC. The third-order valence-electron chi connectivity index (χ3n) is 4.34. The van der Waals surface area contributed by atoms with Crippen LogP contribution in [0.2, 0.25) is 5.02 Å². The van der Waals surface area contributed by atoms with Crippen LogP contribution in [0.3, 0.4) is 0 Å². The maximum atomic E-state index is 12.8. The maximum absolute atomic E-state index is 12.8. The summed E-state index contributed by atoms with van der Waals surface area (Å²) in [6.07, 6.45) is 1.33. The number of nitrogens with one attached hydrogen (secondary N) is 1. The quantitative estimate of drug-likeness (QED) is 0.709. The van der Waals surface area contributed by atoms with Crippen molar-refractivity contribution in [3.8, 4) is 11.5 Å². The van der Waals surface area contributed by atoms with E-state index < -0.39 is 0 Å². The minimum absolute atomic E-state index is 0.195. The van der Waals surface area contributed by atoms with E-state index in [4.69, 9.17) is 21.1 Å². The van der Waals surface area contributed by atoms with Crippen LogP contribution >= 0.6 is 11.6 Å². The number of fused-ring (bicyclic) bond motifs is 1. The summed E-state index contributed by atoms with van der Waals surface area (Å²) < 4.78 is 11.7. The highest BCUT2D eigenvalue weighted by Crippen LogP contribution is 2.30. The highest BCUT2D eigenvalue weighted by Gasteiger charge is 2.14. The van der Waals surface area contributed by atoms with Crippen LogP contribution in [0.5, 0.6) is 11.5 Å². The van der Waals surface area contributed by atoms with E-state index in [1.165, 1.54) is 25.1 Å². The lowest BCUT2D eigenvalue weighted by molar-refractivity contribution is -0.116. The third kappa shape index (κ3) is 3.80. The van der Waals surface area contributed by atoms with E-state index in [9.17, 15) is 9.59 Å². The number of carbonyl (C=O) groups is 1. The van der Waals surface area contributed by atoms with Gasteiger partial charge in [-0.05, 0) is 37.1 Å². The molecule has 1 amide bonds. The fourth-order valence-corrected chi connectivity index (χ4v) is 3.37. The normalized spacial score (nSPS) is 10.8. The summed E-state index contributed by atoms with van der Waals surface area (Å²) in [7, 11) is 2.99. The summed E-state index contributed by atoms with van der Waals surface area (Å²) in [5, 5.41) is 3.55. The molecule has 3 aromatic rings. The lowest BCUT2D eigenvalue weighted by Gasteiger charge is -2.13. The number of amides is 1. The van der Waals surface area contributed by atoms with Gasteiger partial charge in [-0.1, -0.05) is 17.7 Å². The zero-order valence-electron chi connectivity index (χ0n) is 16.0. The Kier molecular flexibility index (Phi) is 5.56. The average molecular weight is 402 g/mol. The van der Waals surface area contributed by atoms with Crippen molar-refractivity contribution in [1.29, 1.82) is 0 Å². The van der Waals surface area contributed by atoms with Gasteiger partial charge < -0.3 is 14.8 Å². The molecule has 0 aliphatic carbocycles. The van der Waals surface area contributed by atoms with Crippen molar-refractivity contribution in [3.05, 3.63) is 57.1 Å². The van der Waals surface area contributed by atoms with E-state index >= 15 is 0 Å². The van der Waals surface area contributed by atoms with E-state index in [-0.39, 0.29) is 18.0 Å². The molecular weight excluding hydrogens is 382 g/mol. The van der Waals surface area contributed by atoms with Gasteiger partial charge in [0.15, 0.2) is 11.5 Å². The predicted molar refractivity (Wildman–Crippen MR) is 109 cm³/mol. The molecular formula is C20H20ClN3O4. The van der Waals surface area contributed by atoms with Crippen molar-refractivity contribution in [1.82, 2.24) is 9.55 Å². The third-order valence-corrected chi connectivity index (χ3v) is 4.64. The van der Waals surface area contributed by atoms with Crippen LogP contribution in [0.25, 0.3) is 10.9 Å². The molecule has 0 saturated carbocycles. The number of nitrogens with zero attached hydrogens (tertiary/aromatic N) is 2. The molecule has 7 nitrogen and oxygen atoms in total. The number of ether oxygens (including phenoxy) is 2. The highest BCUT2D eigenvalue weighted by atomic mass is 35.5. The molecule has 0 spiro atoms. The summed E-state index contributed by atoms with van der Waals surface area (Å²) in [6.45, 7) is 3.59. The van der Waals surface area contributed by atoms with E-state index in [1.807, 2.05) is 19.9 Å². The van der Waals surface area contributed by atoms with Gasteiger partial charge in [-0.25, -0.2) is 4.98 Å². The number of aromatic nitrogens is 2. The molecule has 8 heteroatoms. The second-order valence-corrected chi connectivity index (χ2v) is 6.80. The van der Waals surface area contributed by atoms with Gasteiger partial charge in [0.2, 0.25) is 5.91 Å². The number of hydrogen-bond acceptors (Lipinski definition) is 5. The van der Waals surface area contributed by atoms with Crippen LogP contribution in [0, 0.1) is 13.8 Å². The minimum atomic E-state index is -0.377. The van der Waals surface area contributed by atoms with Gasteiger partial charge in [0.05, 0.1) is 42.2 Å². The Bertz CT molecular complexity index is 1100. The average Bonchev–Trinajstić information content (AvgIpc) is 2.66. The molecule has 1 N–H and O–H groups in total. The number of methoxy groups -OCH3 is 2. The van der Waals surface area contributed by atoms with Gasteiger partial charge in [0.1, 0.15) is 6.54 Å². The van der Waals surface area contributed by atoms with Crippen molar-refractivity contribution in [2.75, 3.05) is 19.5 Å². The van der Waals surface area contributed by atoms with Crippen molar-refractivity contribution in [3.63, 3.8) is 0 Å². The van der Waals surface area contributed by atoms with Crippen molar-refractivity contribution in [2.45, 2.75) is 20.4 Å². The largest absolute Gasteiger partial charge is 0.493 e. The second kappa shape index (κ2) is 7.90. The lowest BCUT2D eigenvalue weighted by atomic mass is 10.1. The molecule has 0 atom stereocenters. The van der Waals surface area contributed by atoms with Gasteiger partial charge in [-0.15, -0.1) is 0 Å². The van der Waals surface area contributed by atoms with Crippen LogP contribution in [-0.2, 0) is 11.3 Å². The molecule has 0 aliphatic heterocycles. The standard InChI is InChI=1S/C20H20ClN3O4/c1-11-5-12(2)19(14(21)6-11)23-18(25)9-24-10-22-15-8-17(28-4)16(27-3)7-13(15)20(24)26/h5-8,10H,9H2,1-4H3,(H,23,25). The Hall–Kier alpha value is -3.06. The number of rotatable bonds is 5. The van der Waals surface area contributed by atoms with Crippen molar-refractivity contribution in [2.24, 2.45) is 0 Å². The summed E-state index contributed by atoms with van der Waals surface area (Å²) in [4.78, 5) is 29.5. The lowest BCUT2D eigenvalue weighted by Crippen LogP contribution is -2.28. The first-order valence-corrected chi connectivity index (χ1v) is 8.89. The number of carbonyl (C=O) groups excluding carboxylic acids is 1. The molecule has 0 fully saturated rings. The van der Waals surface area contributed by atoms with E-state index in [0.717, 1.165) is 11.1 Å². The molecule has 0 bridgehead atoms. The van der Waals surface area contributed by atoms with Crippen LogP contribution in [-0.4, -0.2) is 29.7 Å². The van der Waals surface area contributed by atoms with Crippen LogP contribution < -0.4 is 20.3 Å². The summed E-state index contributed by atoms with van der Waals surface area (Å²) in [5.74, 6) is 0.512. The number of hydrogen-bond donors (Lipinski definition) is 1. The molecule has 0 saturated heterocycles. The molecule has 2 aromatic carbocycles. The number of aryl methyl sites for hydroxylation is 2. The highest BCUT2D eigenvalue weighted by molar-refractivity contribution is 6.34. The van der Waals surface area contributed by atoms with E-state index in [0.29, 0.717) is 33.1 Å². The van der Waals surface area contributed by atoms with E-state index in [1.54, 1.807) is 18.2 Å². The summed E-state index contributed by atoms with van der Waals surface area (Å²) >= 11 is 6.23. The molecule has 0 radical (unpaired) electrons. The summed E-state index contributed by atoms with van der Waals surface area (Å²) in [5.41, 5.74) is 2.48. The summed E-state index contributed by atoms with van der Waals surface area (Å²) in [6, 6.07) is 6.87. The number of anilines is 1. The molecule has 0 aliphatic rings. The molecule has 1 heterocycles. The zero-order chi connectivity index (χ0) is 20.4. The first kappa shape index (κ1) is 19.7. The van der Waals surface area contributed by atoms with Gasteiger partial charge in [0, 0.05) is 6.07 Å². The Balaban J connectivity index is 1.91. The van der Waals surface area contributed by atoms with Gasteiger partial charge in [-0.3, -0.25) is 14.2 Å². The molecule has 146 valence electrons. The zero-order valence-corrected chi connectivity index (χ0v) is 16.8. The molecule has 1 aromatic heterocycles. The van der Waals surface area contributed by atoms with Gasteiger partial charge in [0.25, 0.3) is 5.56 Å². The topological polar surface area (TPSA) is 82.5 Å². The van der Waals surface area contributed by atoms with Crippen LogP contribution in [0.4, 0.5) is 5.69 Å². The van der Waals surface area contributed by atoms with Crippen molar-refractivity contribution >= 4 is 34.1 Å². The monoisotopic (exact) mass is 401 g/mol. The predicted octanol–water partition coefficient (Wildman–Crippen LogP) is 3.32. The first-order valence-electron chi connectivity index (χ1n) is 8.51. The van der Waals surface area contributed by atoms with Gasteiger partial charge >= 0.3 is 0 Å². The number of benzene rings is 2. The Morgan fingerprint density at radius 3 is 2.46 bits per heavy atom. The Morgan fingerprint density at radius 2 is 1.82 bits per heavy atom. The molecule has 28 heavy (non-hydrogen) atoms. The van der Waals surface area contributed by atoms with Crippen LogP contribution in [0.1, 0.15) is 11.1 Å². The van der Waals surface area contributed by atoms with Crippen molar-refractivity contribution < 1.29 is 14.3 Å². The second-order valence-electron chi connectivity index (χ2n) is 6.39. The molecule has 3 rings (SSSR count). The van der Waals surface area contributed by atoms with Crippen LogP contribution in [0.15, 0.2) is 35.4 Å². The fourth-order valence-electron chi connectivity index (χ4n) is 3.01. The number of halogens is 1. The maximum Gasteiger partial charge on any atom is 0.261 e. The van der Waals surface area contributed by atoms with Gasteiger partial charge in [-0.2, -0.15) is 0 Å². The minimum Gasteiger partial charge on any atom is -0.493 e. The molecule has 0 unspecified atom stereocenters. The Morgan fingerprint density at radius 1 is 1.14 bits per heavy atom. The van der Waals surface area contributed by atoms with E-state index in [2.05, 4.69) is 10.3 Å². The fraction of sp³-hybridized carbons (Fsp3) is 0.250. The smallest absolute Gasteiger partial charge is 0.261 e. The first-order chi connectivity index (χ1) is 13.3. The Labute approximate surface area is 166 Å².